The predicted octanol–water partition coefficient (Wildman–Crippen LogP) is 3.04. The van der Waals surface area contributed by atoms with Crippen molar-refractivity contribution in [1.82, 2.24) is 0 Å². The molecule has 2 aromatic carbocycles. The van der Waals surface area contributed by atoms with Gasteiger partial charge in [-0.2, -0.15) is 0 Å². The van der Waals surface area contributed by atoms with E-state index < -0.39 is 0 Å². The average Bonchev–Trinajstić information content (AvgIpc) is 2.62. The van der Waals surface area contributed by atoms with E-state index in [4.69, 9.17) is 0 Å². The number of carbonyl (C=O) groups is 3. The van der Waals surface area contributed by atoms with Crippen LogP contribution in [0.5, 0.6) is 0 Å². The zero-order valence-corrected chi connectivity index (χ0v) is 14.8. The predicted molar refractivity (Wildman–Crippen MR) is 103 cm³/mol. The maximum Gasteiger partial charge on any atom is 0.243 e. The second-order valence-corrected chi connectivity index (χ2v) is 5.64. The Morgan fingerprint density at radius 2 is 1.12 bits per heavy atom. The summed E-state index contributed by atoms with van der Waals surface area (Å²) in [6, 6.07) is 14.0. The second kappa shape index (κ2) is 9.22. The molecule has 0 aliphatic heterocycles. The molecule has 0 heterocycles. The van der Waals surface area contributed by atoms with Gasteiger partial charge in [0.15, 0.2) is 0 Å². The zero-order chi connectivity index (χ0) is 18.9. The zero-order valence-electron chi connectivity index (χ0n) is 14.8. The first-order valence-corrected chi connectivity index (χ1v) is 8.27. The summed E-state index contributed by atoms with van der Waals surface area (Å²) >= 11 is 0. The molecule has 0 saturated heterocycles. The lowest BCUT2D eigenvalue weighted by atomic mass is 10.2. The van der Waals surface area contributed by atoms with Crippen LogP contribution in [-0.2, 0) is 14.4 Å². The van der Waals surface area contributed by atoms with Gasteiger partial charge in [-0.25, -0.2) is 0 Å². The van der Waals surface area contributed by atoms with Crippen molar-refractivity contribution in [3.8, 4) is 0 Å². The Morgan fingerprint density at radius 1 is 0.692 bits per heavy atom. The highest BCUT2D eigenvalue weighted by molar-refractivity contribution is 5.95. The third kappa shape index (κ3) is 6.27. The fraction of sp³-hybridized carbons (Fsp3) is 0.211. The first kappa shape index (κ1) is 19.0. The van der Waals surface area contributed by atoms with Crippen molar-refractivity contribution in [2.24, 2.45) is 0 Å². The van der Waals surface area contributed by atoms with Crippen LogP contribution in [0.2, 0.25) is 0 Å². The Bertz CT molecular complexity index is 770. The van der Waals surface area contributed by atoms with Crippen LogP contribution < -0.4 is 21.3 Å². The summed E-state index contributed by atoms with van der Waals surface area (Å²) in [5, 5.41) is 11.2. The molecule has 0 aliphatic rings. The lowest BCUT2D eigenvalue weighted by molar-refractivity contribution is -0.116. The van der Waals surface area contributed by atoms with Crippen LogP contribution in [0.3, 0.4) is 0 Å². The molecule has 0 spiro atoms. The minimum absolute atomic E-state index is 0.0597. The molecule has 3 amide bonds. The maximum absolute atomic E-state index is 12.0. The number of hydrogen-bond acceptors (Lipinski definition) is 4. The van der Waals surface area contributed by atoms with E-state index in [0.29, 0.717) is 23.5 Å². The number of amides is 3. The normalized spacial score (nSPS) is 9.92. The Morgan fingerprint density at radius 3 is 1.58 bits per heavy atom. The topological polar surface area (TPSA) is 99.3 Å². The molecule has 0 aliphatic carbocycles. The fourth-order valence-corrected chi connectivity index (χ4v) is 2.15. The summed E-state index contributed by atoms with van der Waals surface area (Å²) in [6.45, 7) is 3.33. The molecule has 2 aromatic rings. The standard InChI is InChI=1S/C19H22N4O3/c1-3-18(25)22-16-8-10-17(11-9-16)23-19(26)12-20-14-4-6-15(7-5-14)21-13(2)24/h4-11,20H,3,12H2,1-2H3,(H,21,24)(H,22,25)(H,23,26). The summed E-state index contributed by atoms with van der Waals surface area (Å²) in [5.74, 6) is -0.387. The smallest absolute Gasteiger partial charge is 0.243 e. The van der Waals surface area contributed by atoms with Crippen molar-refractivity contribution in [1.29, 1.82) is 0 Å². The van der Waals surface area contributed by atoms with Crippen molar-refractivity contribution in [2.45, 2.75) is 20.3 Å². The van der Waals surface area contributed by atoms with E-state index in [0.717, 1.165) is 5.69 Å². The highest BCUT2D eigenvalue weighted by atomic mass is 16.2. The average molecular weight is 354 g/mol. The number of hydrogen-bond donors (Lipinski definition) is 4. The van der Waals surface area contributed by atoms with Crippen molar-refractivity contribution in [3.63, 3.8) is 0 Å². The number of nitrogens with one attached hydrogen (secondary N) is 4. The minimum Gasteiger partial charge on any atom is -0.376 e. The van der Waals surface area contributed by atoms with Gasteiger partial charge in [-0.1, -0.05) is 6.92 Å². The van der Waals surface area contributed by atoms with E-state index in [1.54, 1.807) is 55.5 Å². The van der Waals surface area contributed by atoms with Gasteiger partial charge in [-0.3, -0.25) is 14.4 Å². The van der Waals surface area contributed by atoms with Gasteiger partial charge in [-0.15, -0.1) is 0 Å². The summed E-state index contributed by atoms with van der Waals surface area (Å²) in [4.78, 5) is 34.3. The molecule has 136 valence electrons. The SMILES string of the molecule is CCC(=O)Nc1ccc(NC(=O)CNc2ccc(NC(C)=O)cc2)cc1. The van der Waals surface area contributed by atoms with E-state index in [-0.39, 0.29) is 24.3 Å². The maximum atomic E-state index is 12.0. The summed E-state index contributed by atoms with van der Waals surface area (Å²) in [5.41, 5.74) is 2.80. The van der Waals surface area contributed by atoms with Gasteiger partial charge in [0.05, 0.1) is 6.54 Å². The van der Waals surface area contributed by atoms with E-state index in [9.17, 15) is 14.4 Å². The number of carbonyl (C=O) groups excluding carboxylic acids is 3. The Hall–Kier alpha value is -3.35. The molecule has 0 atom stereocenters. The Kier molecular flexibility index (Phi) is 6.73. The van der Waals surface area contributed by atoms with E-state index in [1.165, 1.54) is 6.92 Å². The Labute approximate surface area is 152 Å². The fourth-order valence-electron chi connectivity index (χ4n) is 2.15. The van der Waals surface area contributed by atoms with E-state index in [1.807, 2.05) is 0 Å². The first-order chi connectivity index (χ1) is 12.5. The highest BCUT2D eigenvalue weighted by Crippen LogP contribution is 2.15. The molecule has 7 heteroatoms. The van der Waals surface area contributed by atoms with Gasteiger partial charge in [0.25, 0.3) is 0 Å². The highest BCUT2D eigenvalue weighted by Gasteiger charge is 2.04. The van der Waals surface area contributed by atoms with Crippen molar-refractivity contribution < 1.29 is 14.4 Å². The molecule has 0 saturated carbocycles. The van der Waals surface area contributed by atoms with Crippen molar-refractivity contribution in [2.75, 3.05) is 27.8 Å². The van der Waals surface area contributed by atoms with Crippen LogP contribution in [-0.4, -0.2) is 24.3 Å². The van der Waals surface area contributed by atoms with Crippen LogP contribution in [0.4, 0.5) is 22.7 Å². The van der Waals surface area contributed by atoms with E-state index >= 15 is 0 Å². The molecular formula is C19H22N4O3. The molecule has 2 rings (SSSR count). The van der Waals surface area contributed by atoms with Gasteiger partial charge in [-0.05, 0) is 48.5 Å². The van der Waals surface area contributed by atoms with Crippen LogP contribution in [0, 0.1) is 0 Å². The van der Waals surface area contributed by atoms with Gasteiger partial charge < -0.3 is 21.3 Å². The molecule has 7 nitrogen and oxygen atoms in total. The van der Waals surface area contributed by atoms with E-state index in [2.05, 4.69) is 21.3 Å². The molecular weight excluding hydrogens is 332 g/mol. The number of benzene rings is 2. The lowest BCUT2D eigenvalue weighted by Gasteiger charge is -2.10. The first-order valence-electron chi connectivity index (χ1n) is 8.27. The molecule has 26 heavy (non-hydrogen) atoms. The van der Waals surface area contributed by atoms with Crippen molar-refractivity contribution >= 4 is 40.5 Å². The Balaban J connectivity index is 1.81. The van der Waals surface area contributed by atoms with Crippen LogP contribution in [0.15, 0.2) is 48.5 Å². The van der Waals surface area contributed by atoms with Crippen LogP contribution in [0.1, 0.15) is 20.3 Å². The summed E-state index contributed by atoms with van der Waals surface area (Å²) in [6.07, 6.45) is 0.413. The second-order valence-electron chi connectivity index (χ2n) is 5.64. The van der Waals surface area contributed by atoms with Gasteiger partial charge in [0, 0.05) is 36.1 Å². The molecule has 0 bridgehead atoms. The summed E-state index contributed by atoms with van der Waals surface area (Å²) in [7, 11) is 0. The van der Waals surface area contributed by atoms with Crippen LogP contribution >= 0.6 is 0 Å². The quantitative estimate of drug-likeness (QED) is 0.614. The number of anilines is 4. The largest absolute Gasteiger partial charge is 0.376 e. The van der Waals surface area contributed by atoms with Gasteiger partial charge in [0.2, 0.25) is 17.7 Å². The molecule has 0 fully saturated rings. The summed E-state index contributed by atoms with van der Waals surface area (Å²) < 4.78 is 0. The molecule has 0 unspecified atom stereocenters. The monoisotopic (exact) mass is 354 g/mol. The molecule has 0 aromatic heterocycles. The molecule has 0 radical (unpaired) electrons. The third-order valence-corrected chi connectivity index (χ3v) is 3.43. The van der Waals surface area contributed by atoms with Crippen molar-refractivity contribution in [3.05, 3.63) is 48.5 Å². The lowest BCUT2D eigenvalue weighted by Crippen LogP contribution is -2.21. The van der Waals surface area contributed by atoms with Gasteiger partial charge >= 0.3 is 0 Å². The van der Waals surface area contributed by atoms with Gasteiger partial charge in [0.1, 0.15) is 0 Å². The minimum atomic E-state index is -0.193. The molecule has 4 N–H and O–H groups in total. The van der Waals surface area contributed by atoms with Crippen LogP contribution in [0.25, 0.3) is 0 Å². The third-order valence-electron chi connectivity index (χ3n) is 3.43. The number of rotatable bonds is 7.